The summed E-state index contributed by atoms with van der Waals surface area (Å²) in [6.07, 6.45) is 0. The maximum Gasteiger partial charge on any atom is 0.0491 e. The molecule has 0 bridgehead atoms. The predicted octanol–water partition coefficient (Wildman–Crippen LogP) is 3.75. The van der Waals surface area contributed by atoms with E-state index in [-0.39, 0.29) is 0 Å². The highest BCUT2D eigenvalue weighted by Gasteiger charge is 2.00. The Bertz CT molecular complexity index is 380. The van der Waals surface area contributed by atoms with Crippen LogP contribution in [0.2, 0.25) is 10.0 Å². The summed E-state index contributed by atoms with van der Waals surface area (Å²) < 4.78 is 0. The van der Waals surface area contributed by atoms with Crippen LogP contribution in [0.4, 0.5) is 0 Å². The van der Waals surface area contributed by atoms with Crippen LogP contribution in [-0.2, 0) is 0 Å². The van der Waals surface area contributed by atoms with Crippen molar-refractivity contribution in [2.45, 2.75) is 0 Å². The van der Waals surface area contributed by atoms with Crippen molar-refractivity contribution in [3.05, 3.63) is 46.4 Å². The first-order chi connectivity index (χ1) is 5.79. The number of hydrogen-bond donors (Lipinski definition) is 0. The van der Waals surface area contributed by atoms with Crippen LogP contribution in [0.1, 0.15) is 0 Å². The Morgan fingerprint density at radius 2 is 1.17 bits per heavy atom. The van der Waals surface area contributed by atoms with Crippen molar-refractivity contribution in [1.82, 2.24) is 0 Å². The molecule has 0 saturated carbocycles. The third-order valence-corrected chi connectivity index (χ3v) is 2.31. The van der Waals surface area contributed by atoms with Crippen LogP contribution in [0.25, 0.3) is 10.8 Å². The molecule has 0 aromatic heterocycles. The third-order valence-electron chi connectivity index (χ3n) is 1.68. The van der Waals surface area contributed by atoms with E-state index in [1.54, 1.807) is 12.1 Å². The Labute approximate surface area is 80.7 Å². The van der Waals surface area contributed by atoms with E-state index in [9.17, 15) is 0 Å². The fourth-order valence-electron chi connectivity index (χ4n) is 1.10. The molecular formula is C10H4Cl2. The molecule has 2 radical (unpaired) electrons. The van der Waals surface area contributed by atoms with E-state index < -0.39 is 0 Å². The Kier molecular flexibility index (Phi) is 1.95. The lowest BCUT2D eigenvalue weighted by atomic mass is 10.1. The Balaban J connectivity index is 2.94. The second-order valence-electron chi connectivity index (χ2n) is 2.43. The molecule has 0 amide bonds. The number of rotatable bonds is 0. The molecule has 0 saturated heterocycles. The van der Waals surface area contributed by atoms with Crippen LogP contribution in [-0.4, -0.2) is 0 Å². The van der Waals surface area contributed by atoms with Gasteiger partial charge in [-0.25, -0.2) is 0 Å². The van der Waals surface area contributed by atoms with Crippen LogP contribution in [0.5, 0.6) is 0 Å². The summed E-state index contributed by atoms with van der Waals surface area (Å²) in [5.41, 5.74) is 0. The van der Waals surface area contributed by atoms with Crippen LogP contribution in [0.15, 0.2) is 24.3 Å². The summed E-state index contributed by atoms with van der Waals surface area (Å²) in [4.78, 5) is 0. The average Bonchev–Trinajstić information content (AvgIpc) is 2.07. The first-order valence-corrected chi connectivity index (χ1v) is 4.19. The molecule has 0 nitrogen and oxygen atoms in total. The third kappa shape index (κ3) is 1.17. The molecule has 0 spiro atoms. The quantitative estimate of drug-likeness (QED) is 0.600. The summed E-state index contributed by atoms with van der Waals surface area (Å²) in [7, 11) is 0. The monoisotopic (exact) mass is 194 g/mol. The average molecular weight is 195 g/mol. The van der Waals surface area contributed by atoms with E-state index in [4.69, 9.17) is 23.2 Å². The standard InChI is InChI=1S/C10H4Cl2/c11-9-5-1-3-7-8(9)4-2-6-10(7)12/h3-6H. The van der Waals surface area contributed by atoms with Crippen molar-refractivity contribution >= 4 is 34.0 Å². The van der Waals surface area contributed by atoms with Crippen LogP contribution in [0.3, 0.4) is 0 Å². The lowest BCUT2D eigenvalue weighted by molar-refractivity contribution is 1.72. The predicted molar refractivity (Wildman–Crippen MR) is 51.6 cm³/mol. The van der Waals surface area contributed by atoms with Gasteiger partial charge < -0.3 is 0 Å². The summed E-state index contributed by atoms with van der Waals surface area (Å²) in [6, 6.07) is 12.9. The zero-order valence-corrected chi connectivity index (χ0v) is 7.58. The van der Waals surface area contributed by atoms with Crippen LogP contribution < -0.4 is 0 Å². The van der Waals surface area contributed by atoms with E-state index in [0.717, 1.165) is 10.8 Å². The maximum absolute atomic E-state index is 5.92. The number of fused-ring (bicyclic) bond motifs is 1. The smallest absolute Gasteiger partial charge is 0.0491 e. The Morgan fingerprint density at radius 1 is 0.750 bits per heavy atom. The highest BCUT2D eigenvalue weighted by Crippen LogP contribution is 2.27. The summed E-state index contributed by atoms with van der Waals surface area (Å²) in [5.74, 6) is 0. The molecule has 0 aliphatic carbocycles. The van der Waals surface area contributed by atoms with Crippen molar-refractivity contribution in [2.24, 2.45) is 0 Å². The van der Waals surface area contributed by atoms with Gasteiger partial charge in [-0.15, -0.1) is 0 Å². The van der Waals surface area contributed by atoms with Crippen molar-refractivity contribution in [3.8, 4) is 0 Å². The normalized spacial score (nSPS) is 10.5. The van der Waals surface area contributed by atoms with Gasteiger partial charge in [0.1, 0.15) is 0 Å². The van der Waals surface area contributed by atoms with Gasteiger partial charge in [0.25, 0.3) is 0 Å². The molecule has 0 aliphatic rings. The van der Waals surface area contributed by atoms with Crippen molar-refractivity contribution in [3.63, 3.8) is 0 Å². The van der Waals surface area contributed by atoms with Crippen molar-refractivity contribution in [2.75, 3.05) is 0 Å². The van der Waals surface area contributed by atoms with Crippen molar-refractivity contribution < 1.29 is 0 Å². The van der Waals surface area contributed by atoms with E-state index in [1.165, 1.54) is 0 Å². The van der Waals surface area contributed by atoms with Gasteiger partial charge >= 0.3 is 0 Å². The minimum atomic E-state index is 0.659. The molecule has 12 heavy (non-hydrogen) atoms. The fourth-order valence-corrected chi connectivity index (χ4v) is 1.54. The lowest BCUT2D eigenvalue weighted by Crippen LogP contribution is -1.74. The molecule has 0 N–H and O–H groups in total. The van der Waals surface area contributed by atoms with E-state index >= 15 is 0 Å². The van der Waals surface area contributed by atoms with Gasteiger partial charge in [0, 0.05) is 20.8 Å². The fraction of sp³-hybridized carbons (Fsp3) is 0. The lowest BCUT2D eigenvalue weighted by Gasteiger charge is -1.99. The molecule has 0 heterocycles. The molecule has 2 aromatic carbocycles. The van der Waals surface area contributed by atoms with E-state index in [0.29, 0.717) is 10.0 Å². The largest absolute Gasteiger partial charge is 0.0836 e. The molecule has 0 atom stereocenters. The minimum Gasteiger partial charge on any atom is -0.0836 e. The van der Waals surface area contributed by atoms with Crippen LogP contribution in [0, 0.1) is 12.1 Å². The van der Waals surface area contributed by atoms with Crippen LogP contribution >= 0.6 is 23.2 Å². The molecule has 2 aromatic rings. The molecule has 2 heteroatoms. The number of benzene rings is 2. The first kappa shape index (κ1) is 7.90. The summed E-state index contributed by atoms with van der Waals surface area (Å²) in [5, 5.41) is 3.16. The Hall–Kier alpha value is -0.720. The van der Waals surface area contributed by atoms with Gasteiger partial charge in [0.05, 0.1) is 0 Å². The van der Waals surface area contributed by atoms with Gasteiger partial charge in [-0.1, -0.05) is 23.2 Å². The zero-order chi connectivity index (χ0) is 8.55. The zero-order valence-electron chi connectivity index (χ0n) is 6.07. The second-order valence-corrected chi connectivity index (χ2v) is 3.25. The highest BCUT2D eigenvalue weighted by atomic mass is 35.5. The number of halogens is 2. The van der Waals surface area contributed by atoms with Gasteiger partial charge in [-0.2, -0.15) is 0 Å². The first-order valence-electron chi connectivity index (χ1n) is 3.44. The van der Waals surface area contributed by atoms with Crippen molar-refractivity contribution in [1.29, 1.82) is 0 Å². The molecule has 58 valence electrons. The summed E-state index contributed by atoms with van der Waals surface area (Å²) in [6.45, 7) is 0. The Morgan fingerprint density at radius 3 is 1.58 bits per heavy atom. The second kappa shape index (κ2) is 2.96. The molecule has 0 fully saturated rings. The maximum atomic E-state index is 5.92. The molecular weight excluding hydrogens is 191 g/mol. The van der Waals surface area contributed by atoms with Gasteiger partial charge in [0.15, 0.2) is 0 Å². The highest BCUT2D eigenvalue weighted by molar-refractivity contribution is 6.39. The van der Waals surface area contributed by atoms with Gasteiger partial charge in [-0.05, 0) is 36.4 Å². The number of hydrogen-bond acceptors (Lipinski definition) is 0. The van der Waals surface area contributed by atoms with E-state index in [2.05, 4.69) is 12.1 Å². The minimum absolute atomic E-state index is 0.659. The molecule has 2 rings (SSSR count). The molecule has 0 unspecified atom stereocenters. The van der Waals surface area contributed by atoms with E-state index in [1.807, 2.05) is 12.1 Å². The SMILES string of the molecule is Clc1c[c]cc2c(Cl)c[c]cc12. The summed E-state index contributed by atoms with van der Waals surface area (Å²) >= 11 is 11.8. The van der Waals surface area contributed by atoms with Gasteiger partial charge in [-0.3, -0.25) is 0 Å². The van der Waals surface area contributed by atoms with Gasteiger partial charge in [0.2, 0.25) is 0 Å². The molecule has 0 aliphatic heterocycles. The topological polar surface area (TPSA) is 0 Å².